The van der Waals surface area contributed by atoms with Crippen LogP contribution >= 0.6 is 11.3 Å². The summed E-state index contributed by atoms with van der Waals surface area (Å²) in [4.78, 5) is 38.3. The van der Waals surface area contributed by atoms with Gasteiger partial charge < -0.3 is 5.11 Å². The maximum atomic E-state index is 12.7. The Morgan fingerprint density at radius 1 is 1.35 bits per heavy atom. The van der Waals surface area contributed by atoms with Crippen LogP contribution in [0.1, 0.15) is 51.1 Å². The lowest BCUT2D eigenvalue weighted by atomic mass is 10.1. The van der Waals surface area contributed by atoms with Crippen molar-refractivity contribution in [2.75, 3.05) is 0 Å². The molecule has 0 spiro atoms. The van der Waals surface area contributed by atoms with Gasteiger partial charge in [-0.15, -0.1) is 11.3 Å². The van der Waals surface area contributed by atoms with Crippen LogP contribution in [0.2, 0.25) is 0 Å². The lowest BCUT2D eigenvalue weighted by molar-refractivity contribution is 0.0698. The number of hydrogen-bond acceptors (Lipinski definition) is 5. The number of nitrogens with zero attached hydrogens (tertiary/aromatic N) is 3. The highest BCUT2D eigenvalue weighted by Gasteiger charge is 2.32. The van der Waals surface area contributed by atoms with Gasteiger partial charge in [0, 0.05) is 35.6 Å². The second kappa shape index (κ2) is 5.66. The molecule has 0 amide bonds. The Labute approximate surface area is 151 Å². The highest BCUT2D eigenvalue weighted by atomic mass is 32.1. The summed E-state index contributed by atoms with van der Waals surface area (Å²) < 4.78 is 2.60. The van der Waals surface area contributed by atoms with Gasteiger partial charge >= 0.3 is 11.7 Å². The van der Waals surface area contributed by atoms with Crippen LogP contribution in [0.4, 0.5) is 0 Å². The number of H-pyrrole nitrogens is 1. The third-order valence-corrected chi connectivity index (χ3v) is 6.13. The molecule has 1 saturated carbocycles. The molecule has 3 heterocycles. The van der Waals surface area contributed by atoms with Crippen molar-refractivity contribution in [3.63, 3.8) is 0 Å². The number of carbonyl (C=O) groups is 1. The zero-order valence-corrected chi connectivity index (χ0v) is 15.4. The largest absolute Gasteiger partial charge is 0.478 e. The number of carboxylic acid groups (broad SMARTS) is 1. The maximum absolute atomic E-state index is 12.7. The van der Waals surface area contributed by atoms with Crippen molar-refractivity contribution in [2.45, 2.75) is 39.2 Å². The minimum atomic E-state index is -1.15. The monoisotopic (exact) mass is 374 g/mol. The molecule has 4 rings (SSSR count). The minimum Gasteiger partial charge on any atom is -0.478 e. The number of fused-ring (bicyclic) bond motifs is 1. The van der Waals surface area contributed by atoms with Crippen molar-refractivity contribution in [3.05, 3.63) is 48.2 Å². The van der Waals surface area contributed by atoms with E-state index >= 15 is 0 Å². The molecule has 0 aromatic carbocycles. The van der Waals surface area contributed by atoms with Crippen LogP contribution in [0.3, 0.4) is 0 Å². The van der Waals surface area contributed by atoms with Crippen molar-refractivity contribution in [2.24, 2.45) is 7.05 Å². The van der Waals surface area contributed by atoms with Crippen molar-refractivity contribution < 1.29 is 9.90 Å². The van der Waals surface area contributed by atoms with Crippen LogP contribution in [-0.2, 0) is 13.5 Å². The van der Waals surface area contributed by atoms with Crippen LogP contribution < -0.4 is 11.2 Å². The molecule has 8 nitrogen and oxygen atoms in total. The fraction of sp³-hybridized carbons (Fsp3) is 0.412. The van der Waals surface area contributed by atoms with Crippen LogP contribution in [0, 0.1) is 13.8 Å². The van der Waals surface area contributed by atoms with Gasteiger partial charge in [-0.1, -0.05) is 0 Å². The molecule has 1 fully saturated rings. The summed E-state index contributed by atoms with van der Waals surface area (Å²) in [7, 11) is 1.40. The van der Waals surface area contributed by atoms with E-state index in [0.29, 0.717) is 16.1 Å². The fourth-order valence-electron chi connectivity index (χ4n) is 3.34. The Hall–Kier alpha value is -2.68. The Morgan fingerprint density at radius 3 is 2.58 bits per heavy atom. The summed E-state index contributed by atoms with van der Waals surface area (Å²) in [5.41, 5.74) is 1.64. The van der Waals surface area contributed by atoms with Crippen LogP contribution in [0.15, 0.2) is 9.59 Å². The van der Waals surface area contributed by atoms with E-state index in [4.69, 9.17) is 0 Å². The number of nitrogens with one attached hydrogen (secondary N) is 1. The first-order valence-corrected chi connectivity index (χ1v) is 9.13. The summed E-state index contributed by atoms with van der Waals surface area (Å²) in [5.74, 6) is -1.15. The number of rotatable bonds is 4. The van der Waals surface area contributed by atoms with E-state index in [9.17, 15) is 19.5 Å². The summed E-state index contributed by atoms with van der Waals surface area (Å²) in [6.07, 6.45) is 2.09. The molecule has 0 unspecified atom stereocenters. The lowest BCUT2D eigenvalue weighted by Crippen LogP contribution is -2.37. The first-order chi connectivity index (χ1) is 12.3. The quantitative estimate of drug-likeness (QED) is 0.723. The van der Waals surface area contributed by atoms with Gasteiger partial charge in [-0.2, -0.15) is 5.10 Å². The molecular weight excluding hydrogens is 356 g/mol. The van der Waals surface area contributed by atoms with Crippen molar-refractivity contribution in [1.82, 2.24) is 19.3 Å². The Balaban J connectivity index is 2.06. The van der Waals surface area contributed by atoms with Crippen LogP contribution in [-0.4, -0.2) is 30.4 Å². The van der Waals surface area contributed by atoms with Gasteiger partial charge in [0.1, 0.15) is 4.83 Å². The van der Waals surface area contributed by atoms with Crippen LogP contribution in [0.5, 0.6) is 0 Å². The summed E-state index contributed by atoms with van der Waals surface area (Å²) in [6.45, 7) is 3.73. The van der Waals surface area contributed by atoms with Crippen molar-refractivity contribution in [1.29, 1.82) is 0 Å². The Kier molecular flexibility index (Phi) is 3.65. The van der Waals surface area contributed by atoms with E-state index in [-0.39, 0.29) is 22.7 Å². The third-order valence-electron chi connectivity index (χ3n) is 4.94. The van der Waals surface area contributed by atoms with E-state index in [0.717, 1.165) is 34.4 Å². The third kappa shape index (κ3) is 2.34. The highest BCUT2D eigenvalue weighted by Crippen LogP contribution is 2.39. The van der Waals surface area contributed by atoms with Gasteiger partial charge in [-0.25, -0.2) is 9.59 Å². The van der Waals surface area contributed by atoms with Crippen molar-refractivity contribution >= 4 is 27.5 Å². The number of aromatic nitrogens is 4. The molecule has 3 aromatic heterocycles. The van der Waals surface area contributed by atoms with Gasteiger partial charge in [0.2, 0.25) is 0 Å². The highest BCUT2D eigenvalue weighted by molar-refractivity contribution is 7.19. The van der Waals surface area contributed by atoms with Gasteiger partial charge in [0.15, 0.2) is 0 Å². The first-order valence-electron chi connectivity index (χ1n) is 8.31. The number of aromatic amines is 1. The number of hydrogen-bond donors (Lipinski definition) is 2. The second-order valence-corrected chi connectivity index (χ2v) is 7.81. The Bertz CT molecular complexity index is 1160. The summed E-state index contributed by atoms with van der Waals surface area (Å²) in [5, 5.41) is 17.0. The molecule has 0 radical (unpaired) electrons. The van der Waals surface area contributed by atoms with Gasteiger partial charge in [0.05, 0.1) is 16.6 Å². The standard InChI is InChI=1S/C17H18N4O4S/c1-7-10(8(2)19-18-7)6-11-12(16(23)24)13-14(22)20(3)17(25)21(9-4-5-9)15(13)26-11/h9H,4-6H2,1-3H3,(H,18,19)(H,23,24). The number of carboxylic acids is 1. The molecule has 9 heteroatoms. The summed E-state index contributed by atoms with van der Waals surface area (Å²) >= 11 is 1.23. The smallest absolute Gasteiger partial charge is 0.337 e. The topological polar surface area (TPSA) is 110 Å². The van der Waals surface area contributed by atoms with E-state index in [1.54, 1.807) is 4.57 Å². The molecule has 0 atom stereocenters. The number of thiophene rings is 1. The molecule has 3 aromatic rings. The molecule has 0 aliphatic heterocycles. The Morgan fingerprint density at radius 2 is 2.04 bits per heavy atom. The molecule has 0 bridgehead atoms. The van der Waals surface area contributed by atoms with Crippen LogP contribution in [0.25, 0.3) is 10.2 Å². The molecule has 2 N–H and O–H groups in total. The van der Waals surface area contributed by atoms with E-state index in [1.807, 2.05) is 13.8 Å². The van der Waals surface area contributed by atoms with Gasteiger partial charge in [0.25, 0.3) is 5.56 Å². The summed E-state index contributed by atoms with van der Waals surface area (Å²) in [6, 6.07) is 0.0438. The zero-order valence-electron chi connectivity index (χ0n) is 14.6. The zero-order chi connectivity index (χ0) is 18.7. The maximum Gasteiger partial charge on any atom is 0.337 e. The lowest BCUT2D eigenvalue weighted by Gasteiger charge is -2.07. The molecule has 0 saturated heterocycles. The normalized spacial score (nSPS) is 14.3. The fourth-order valence-corrected chi connectivity index (χ4v) is 4.69. The first kappa shape index (κ1) is 16.8. The SMILES string of the molecule is Cc1n[nH]c(C)c1Cc1sc2c(c1C(=O)O)c(=O)n(C)c(=O)n2C1CC1. The van der Waals surface area contributed by atoms with Crippen molar-refractivity contribution in [3.8, 4) is 0 Å². The average molecular weight is 374 g/mol. The number of aromatic carboxylic acids is 1. The second-order valence-electron chi connectivity index (χ2n) is 6.72. The molecule has 1 aliphatic carbocycles. The van der Waals surface area contributed by atoms with Gasteiger partial charge in [-0.3, -0.25) is 19.0 Å². The van der Waals surface area contributed by atoms with E-state index in [2.05, 4.69) is 10.2 Å². The molecule has 26 heavy (non-hydrogen) atoms. The van der Waals surface area contributed by atoms with E-state index < -0.39 is 11.5 Å². The predicted octanol–water partition coefficient (Wildman–Crippen LogP) is 1.73. The number of aryl methyl sites for hydroxylation is 2. The molecular formula is C17H18N4O4S. The average Bonchev–Trinajstić information content (AvgIpc) is 3.28. The molecule has 1 aliphatic rings. The van der Waals surface area contributed by atoms with Gasteiger partial charge in [-0.05, 0) is 26.7 Å². The molecule has 136 valence electrons. The predicted molar refractivity (Wildman–Crippen MR) is 97.4 cm³/mol. The van der Waals surface area contributed by atoms with E-state index in [1.165, 1.54) is 18.4 Å². The minimum absolute atomic E-state index is 0.000000000000000222.